The largest absolute Gasteiger partial charge is 0.310 e. The van der Waals surface area contributed by atoms with E-state index in [1.807, 2.05) is 0 Å². The van der Waals surface area contributed by atoms with Crippen LogP contribution in [0.1, 0.15) is 60.5 Å². The molecule has 0 radical (unpaired) electrons. The minimum Gasteiger partial charge on any atom is -0.310 e. The number of aromatic nitrogens is 3. The van der Waals surface area contributed by atoms with E-state index in [0.29, 0.717) is 6.04 Å². The van der Waals surface area contributed by atoms with Gasteiger partial charge in [0.1, 0.15) is 5.82 Å². The zero-order valence-electron chi connectivity index (χ0n) is 12.5. The Hall–Kier alpha value is -1.68. The SMILES string of the molecule is Cc1nnc(C2NCCc3ccccc32)n1C1CCCC1. The van der Waals surface area contributed by atoms with E-state index in [1.54, 1.807) is 0 Å². The van der Waals surface area contributed by atoms with Crippen LogP contribution in [-0.2, 0) is 6.42 Å². The molecule has 21 heavy (non-hydrogen) atoms. The lowest BCUT2D eigenvalue weighted by atomic mass is 9.93. The van der Waals surface area contributed by atoms with Crippen LogP contribution in [0.4, 0.5) is 0 Å². The highest BCUT2D eigenvalue weighted by atomic mass is 15.3. The summed E-state index contributed by atoms with van der Waals surface area (Å²) >= 11 is 0. The van der Waals surface area contributed by atoms with Gasteiger partial charge >= 0.3 is 0 Å². The van der Waals surface area contributed by atoms with Crippen LogP contribution in [0.25, 0.3) is 0 Å². The Morgan fingerprint density at radius 3 is 2.81 bits per heavy atom. The van der Waals surface area contributed by atoms with Crippen LogP contribution >= 0.6 is 0 Å². The first-order valence-corrected chi connectivity index (χ1v) is 8.07. The number of hydrogen-bond donors (Lipinski definition) is 1. The molecule has 1 fully saturated rings. The summed E-state index contributed by atoms with van der Waals surface area (Å²) in [5, 5.41) is 12.6. The third-order valence-corrected chi connectivity index (χ3v) is 4.95. The smallest absolute Gasteiger partial charge is 0.155 e. The van der Waals surface area contributed by atoms with Gasteiger partial charge in [0.2, 0.25) is 0 Å². The van der Waals surface area contributed by atoms with E-state index in [9.17, 15) is 0 Å². The van der Waals surface area contributed by atoms with Gasteiger partial charge in [-0.2, -0.15) is 0 Å². The van der Waals surface area contributed by atoms with Crippen molar-refractivity contribution in [3.8, 4) is 0 Å². The predicted octanol–water partition coefficient (Wildman–Crippen LogP) is 2.94. The average molecular weight is 282 g/mol. The molecule has 1 N–H and O–H groups in total. The van der Waals surface area contributed by atoms with Gasteiger partial charge in [0, 0.05) is 12.6 Å². The number of nitrogens with one attached hydrogen (secondary N) is 1. The minimum absolute atomic E-state index is 0.191. The fourth-order valence-electron chi connectivity index (χ4n) is 3.93. The van der Waals surface area contributed by atoms with Gasteiger partial charge in [-0.1, -0.05) is 37.1 Å². The van der Waals surface area contributed by atoms with Crippen molar-refractivity contribution in [1.82, 2.24) is 20.1 Å². The highest BCUT2D eigenvalue weighted by Gasteiger charge is 2.29. The van der Waals surface area contributed by atoms with Crippen LogP contribution in [-0.4, -0.2) is 21.3 Å². The molecule has 2 aliphatic rings. The van der Waals surface area contributed by atoms with E-state index in [2.05, 4.69) is 51.3 Å². The minimum atomic E-state index is 0.191. The van der Waals surface area contributed by atoms with Gasteiger partial charge < -0.3 is 9.88 Å². The standard InChI is InChI=1S/C17H22N4/c1-12-19-20-17(21(12)14-7-3-4-8-14)16-15-9-5-2-6-13(15)10-11-18-16/h2,5-6,9,14,16,18H,3-4,7-8,10-11H2,1H3. The van der Waals surface area contributed by atoms with Gasteiger partial charge in [0.15, 0.2) is 5.82 Å². The lowest BCUT2D eigenvalue weighted by Crippen LogP contribution is -2.33. The summed E-state index contributed by atoms with van der Waals surface area (Å²) in [4.78, 5) is 0. The summed E-state index contributed by atoms with van der Waals surface area (Å²) in [6, 6.07) is 9.51. The molecular weight excluding hydrogens is 260 g/mol. The van der Waals surface area contributed by atoms with Crippen molar-refractivity contribution in [1.29, 1.82) is 0 Å². The van der Waals surface area contributed by atoms with Crippen LogP contribution in [0.5, 0.6) is 0 Å². The molecule has 1 saturated carbocycles. The van der Waals surface area contributed by atoms with Gasteiger partial charge in [-0.3, -0.25) is 0 Å². The van der Waals surface area contributed by atoms with Crippen molar-refractivity contribution in [2.75, 3.05) is 6.54 Å². The fourth-order valence-corrected chi connectivity index (χ4v) is 3.93. The molecule has 1 aliphatic heterocycles. The van der Waals surface area contributed by atoms with Crippen molar-refractivity contribution >= 4 is 0 Å². The monoisotopic (exact) mass is 282 g/mol. The molecule has 0 saturated heterocycles. The number of aryl methyl sites for hydroxylation is 1. The Balaban J connectivity index is 1.78. The lowest BCUT2D eigenvalue weighted by Gasteiger charge is -2.28. The number of benzene rings is 1. The molecule has 2 aromatic rings. The molecule has 1 atom stereocenters. The Kier molecular flexibility index (Phi) is 3.26. The second-order valence-corrected chi connectivity index (χ2v) is 6.25. The van der Waals surface area contributed by atoms with Crippen LogP contribution in [0.3, 0.4) is 0 Å². The van der Waals surface area contributed by atoms with Crippen LogP contribution in [0, 0.1) is 6.92 Å². The van der Waals surface area contributed by atoms with E-state index in [4.69, 9.17) is 0 Å². The number of rotatable bonds is 2. The Labute approximate surface area is 125 Å². The maximum Gasteiger partial charge on any atom is 0.155 e. The van der Waals surface area contributed by atoms with E-state index in [-0.39, 0.29) is 6.04 Å². The van der Waals surface area contributed by atoms with Crippen LogP contribution in [0.15, 0.2) is 24.3 Å². The van der Waals surface area contributed by atoms with E-state index >= 15 is 0 Å². The fraction of sp³-hybridized carbons (Fsp3) is 0.529. The lowest BCUT2D eigenvalue weighted by molar-refractivity contribution is 0.448. The molecule has 0 bridgehead atoms. The zero-order chi connectivity index (χ0) is 14.2. The summed E-state index contributed by atoms with van der Waals surface area (Å²) in [6.45, 7) is 3.10. The number of hydrogen-bond acceptors (Lipinski definition) is 3. The second kappa shape index (κ2) is 5.26. The highest BCUT2D eigenvalue weighted by Crippen LogP contribution is 2.35. The third-order valence-electron chi connectivity index (χ3n) is 4.95. The van der Waals surface area contributed by atoms with Gasteiger partial charge in [-0.05, 0) is 37.3 Å². The average Bonchev–Trinajstić information content (AvgIpc) is 3.16. The van der Waals surface area contributed by atoms with Crippen molar-refractivity contribution < 1.29 is 0 Å². The Morgan fingerprint density at radius 2 is 1.95 bits per heavy atom. The summed E-state index contributed by atoms with van der Waals surface area (Å²) in [5.41, 5.74) is 2.82. The first kappa shape index (κ1) is 13.0. The molecule has 4 nitrogen and oxygen atoms in total. The quantitative estimate of drug-likeness (QED) is 0.921. The summed E-state index contributed by atoms with van der Waals surface area (Å²) in [7, 11) is 0. The summed E-state index contributed by atoms with van der Waals surface area (Å²) in [5.74, 6) is 2.16. The van der Waals surface area contributed by atoms with E-state index in [0.717, 1.165) is 24.6 Å². The Bertz CT molecular complexity index is 640. The molecule has 0 amide bonds. The number of fused-ring (bicyclic) bond motifs is 1. The molecule has 1 unspecified atom stereocenters. The summed E-state index contributed by atoms with van der Waals surface area (Å²) in [6.07, 6.45) is 6.29. The maximum atomic E-state index is 4.53. The van der Waals surface area contributed by atoms with Crippen LogP contribution < -0.4 is 5.32 Å². The normalized spacial score (nSPS) is 22.4. The molecule has 1 aromatic heterocycles. The maximum absolute atomic E-state index is 4.53. The van der Waals surface area contributed by atoms with Gasteiger partial charge in [0.05, 0.1) is 6.04 Å². The van der Waals surface area contributed by atoms with Crippen molar-refractivity contribution in [3.63, 3.8) is 0 Å². The van der Waals surface area contributed by atoms with Crippen molar-refractivity contribution in [2.24, 2.45) is 0 Å². The highest BCUT2D eigenvalue weighted by molar-refractivity contribution is 5.36. The molecule has 0 spiro atoms. The number of nitrogens with zero attached hydrogens (tertiary/aromatic N) is 3. The second-order valence-electron chi connectivity index (χ2n) is 6.25. The molecule has 110 valence electrons. The van der Waals surface area contributed by atoms with E-state index in [1.165, 1.54) is 36.8 Å². The predicted molar refractivity (Wildman–Crippen MR) is 82.3 cm³/mol. The van der Waals surface area contributed by atoms with Gasteiger partial charge in [0.25, 0.3) is 0 Å². The molecule has 4 rings (SSSR count). The molecule has 4 heteroatoms. The van der Waals surface area contributed by atoms with Crippen molar-refractivity contribution in [3.05, 3.63) is 47.0 Å². The molecule has 1 aromatic carbocycles. The van der Waals surface area contributed by atoms with Crippen LogP contribution in [0.2, 0.25) is 0 Å². The third kappa shape index (κ3) is 2.18. The molecule has 2 heterocycles. The molecular formula is C17H22N4. The topological polar surface area (TPSA) is 42.7 Å². The summed E-state index contributed by atoms with van der Waals surface area (Å²) < 4.78 is 2.40. The first-order valence-electron chi connectivity index (χ1n) is 8.07. The van der Waals surface area contributed by atoms with E-state index < -0.39 is 0 Å². The zero-order valence-corrected chi connectivity index (χ0v) is 12.5. The Morgan fingerprint density at radius 1 is 1.14 bits per heavy atom. The first-order chi connectivity index (χ1) is 10.3. The van der Waals surface area contributed by atoms with Crippen molar-refractivity contribution in [2.45, 2.75) is 51.1 Å². The van der Waals surface area contributed by atoms with Gasteiger partial charge in [-0.15, -0.1) is 10.2 Å². The molecule has 1 aliphatic carbocycles. The van der Waals surface area contributed by atoms with Gasteiger partial charge in [-0.25, -0.2) is 0 Å².